The Balaban J connectivity index is 0.000000191. The highest BCUT2D eigenvalue weighted by Crippen LogP contribution is 2.42. The number of halogens is 6. The van der Waals surface area contributed by atoms with Crippen LogP contribution in [0.3, 0.4) is 0 Å². The molecule has 11 nitrogen and oxygen atoms in total. The first-order valence-corrected chi connectivity index (χ1v) is 23.1. The molecule has 0 unspecified atom stereocenters. The Kier molecular flexibility index (Phi) is 16.1. The number of rotatable bonds is 3. The lowest BCUT2D eigenvalue weighted by molar-refractivity contribution is -0.138. The number of hydrogen-bond acceptors (Lipinski definition) is 9. The van der Waals surface area contributed by atoms with E-state index in [0.717, 1.165) is 66.9 Å². The molecule has 0 aliphatic carbocycles. The van der Waals surface area contributed by atoms with E-state index in [1.54, 1.807) is 15.9 Å². The Labute approximate surface area is 400 Å². The van der Waals surface area contributed by atoms with Crippen LogP contribution in [0.15, 0.2) is 97.1 Å². The number of para-hydroxylation sites is 4. The molecule has 0 aromatic heterocycles. The number of benzene rings is 4. The normalized spacial score (nSPS) is 17.6. The van der Waals surface area contributed by atoms with Gasteiger partial charge < -0.3 is 39.0 Å². The fourth-order valence-electron chi connectivity index (χ4n) is 8.53. The smallest absolute Gasteiger partial charge is 0.416 e. The highest BCUT2D eigenvalue weighted by Gasteiger charge is 2.43. The predicted molar refractivity (Wildman–Crippen MR) is 251 cm³/mol. The van der Waals surface area contributed by atoms with Crippen molar-refractivity contribution in [2.75, 3.05) is 49.5 Å². The molecule has 4 heterocycles. The Morgan fingerprint density at radius 2 is 1.09 bits per heavy atom. The van der Waals surface area contributed by atoms with Gasteiger partial charge in [0.2, 0.25) is 0 Å². The highest BCUT2D eigenvalue weighted by molar-refractivity contribution is 5.75. The minimum atomic E-state index is -4.38. The van der Waals surface area contributed by atoms with Crippen LogP contribution in [0.1, 0.15) is 107 Å². The summed E-state index contributed by atoms with van der Waals surface area (Å²) in [4.78, 5) is 40.4. The second-order valence-electron chi connectivity index (χ2n) is 19.8. The zero-order chi connectivity index (χ0) is 50.3. The molecule has 0 radical (unpaired) electrons. The maximum atomic E-state index is 13.2. The molecule has 8 rings (SSSR count). The van der Waals surface area contributed by atoms with Crippen LogP contribution in [0.2, 0.25) is 0 Å². The van der Waals surface area contributed by atoms with Gasteiger partial charge in [-0.3, -0.25) is 4.79 Å². The maximum Gasteiger partial charge on any atom is 0.416 e. The van der Waals surface area contributed by atoms with Gasteiger partial charge in [-0.25, -0.2) is 9.59 Å². The minimum absolute atomic E-state index is 0.0322. The number of fused-ring (bicyclic) bond motifs is 2. The van der Waals surface area contributed by atoms with Crippen LogP contribution in [0, 0.1) is 0 Å². The number of aldehydes is 1. The summed E-state index contributed by atoms with van der Waals surface area (Å²) in [6.07, 6.45) is -4.24. The molecular weight excluding hydrogens is 907 g/mol. The molecule has 4 aromatic rings. The molecule has 69 heavy (non-hydrogen) atoms. The molecule has 374 valence electrons. The van der Waals surface area contributed by atoms with Crippen molar-refractivity contribution in [2.45, 2.75) is 121 Å². The van der Waals surface area contributed by atoms with Crippen LogP contribution in [0.5, 0.6) is 11.5 Å². The SMILES string of the molecule is CC(C)(C)OC(=O)N1CCC2(CC1)CCN(Cc1cccc(C(F)(F)F)c1)c1ccccc1O2.CC(C)(C)OC(=O)N1CCC2(CCNc3ccccc3O2)CC1.O=Cc1cccc(C(F)(F)F)c1. The van der Waals surface area contributed by atoms with E-state index in [0.29, 0.717) is 70.4 Å². The first-order chi connectivity index (χ1) is 32.3. The van der Waals surface area contributed by atoms with Gasteiger partial charge in [0, 0.05) is 89.9 Å². The Bertz CT molecular complexity index is 2380. The molecule has 2 spiro atoms. The van der Waals surface area contributed by atoms with Gasteiger partial charge in [0.25, 0.3) is 0 Å². The number of carbonyl (C=O) groups excluding carboxylic acids is 3. The average molecular weight is 969 g/mol. The molecule has 4 aliphatic rings. The number of hydrogen-bond donors (Lipinski definition) is 1. The Morgan fingerprint density at radius 1 is 0.609 bits per heavy atom. The van der Waals surface area contributed by atoms with Gasteiger partial charge in [-0.2, -0.15) is 26.3 Å². The van der Waals surface area contributed by atoms with E-state index in [9.17, 15) is 40.7 Å². The molecule has 0 bridgehead atoms. The number of piperidine rings is 2. The van der Waals surface area contributed by atoms with E-state index in [1.165, 1.54) is 24.3 Å². The van der Waals surface area contributed by atoms with Gasteiger partial charge >= 0.3 is 24.5 Å². The number of nitrogens with zero attached hydrogens (tertiary/aromatic N) is 3. The van der Waals surface area contributed by atoms with Crippen LogP contribution in [-0.4, -0.2) is 89.9 Å². The van der Waals surface area contributed by atoms with Crippen molar-refractivity contribution in [1.29, 1.82) is 0 Å². The van der Waals surface area contributed by atoms with Crippen LogP contribution < -0.4 is 19.7 Å². The first kappa shape index (κ1) is 52.2. The third-order valence-corrected chi connectivity index (χ3v) is 12.1. The van der Waals surface area contributed by atoms with Crippen molar-refractivity contribution in [3.05, 3.63) is 119 Å². The van der Waals surface area contributed by atoms with E-state index in [1.807, 2.05) is 90.1 Å². The van der Waals surface area contributed by atoms with Crippen molar-refractivity contribution in [2.24, 2.45) is 0 Å². The van der Waals surface area contributed by atoms with Crippen molar-refractivity contribution in [1.82, 2.24) is 9.80 Å². The predicted octanol–water partition coefficient (Wildman–Crippen LogP) is 12.4. The quantitative estimate of drug-likeness (QED) is 0.159. The summed E-state index contributed by atoms with van der Waals surface area (Å²) in [6, 6.07) is 25.5. The molecule has 4 aromatic carbocycles. The topological polar surface area (TPSA) is 110 Å². The summed E-state index contributed by atoms with van der Waals surface area (Å²) in [5.41, 5.74) is -0.505. The standard InChI is InChI=1S/C26H31F3N2O3.C18H26N2O3.C8H5F3O/c1-24(2,3)34-23(32)30-14-11-25(12-15-30)13-16-31(21-9-4-5-10-22(21)33-25)18-19-7-6-8-20(17-19)26(27,28)29;1-17(2,3)23-16(21)20-12-9-18(10-13-20)8-11-19-14-6-4-5-7-15(14)22-18;9-8(10,11)7-3-1-2-6(4-7)5-12/h4-10,17H,11-16,18H2,1-3H3;4-7,19H,8-13H2,1-3H3;1-5H. The van der Waals surface area contributed by atoms with E-state index in [-0.39, 0.29) is 23.4 Å². The van der Waals surface area contributed by atoms with Gasteiger partial charge in [-0.1, -0.05) is 48.5 Å². The molecule has 0 atom stereocenters. The summed E-state index contributed by atoms with van der Waals surface area (Å²) in [6.45, 7) is 15.5. The second-order valence-corrected chi connectivity index (χ2v) is 19.8. The van der Waals surface area contributed by atoms with Crippen LogP contribution in [0.25, 0.3) is 0 Å². The molecular formula is C52H62F6N4O7. The monoisotopic (exact) mass is 968 g/mol. The van der Waals surface area contributed by atoms with Gasteiger partial charge in [0.1, 0.15) is 40.2 Å². The number of carbonyl (C=O) groups is 3. The van der Waals surface area contributed by atoms with Crippen LogP contribution >= 0.6 is 0 Å². The van der Waals surface area contributed by atoms with Crippen LogP contribution in [0.4, 0.5) is 47.3 Å². The van der Waals surface area contributed by atoms with Crippen molar-refractivity contribution in [3.63, 3.8) is 0 Å². The Morgan fingerprint density at radius 3 is 1.64 bits per heavy atom. The summed E-state index contributed by atoms with van der Waals surface area (Å²) < 4.78 is 99.5. The van der Waals surface area contributed by atoms with E-state index in [2.05, 4.69) is 10.2 Å². The lowest BCUT2D eigenvalue weighted by atomic mass is 9.88. The third kappa shape index (κ3) is 14.7. The average Bonchev–Trinajstić information content (AvgIpc) is 3.55. The molecule has 1 N–H and O–H groups in total. The van der Waals surface area contributed by atoms with Crippen LogP contribution in [-0.2, 0) is 28.4 Å². The largest absolute Gasteiger partial charge is 0.485 e. The number of anilines is 2. The van der Waals surface area contributed by atoms with Gasteiger partial charge in [-0.15, -0.1) is 0 Å². The van der Waals surface area contributed by atoms with Crippen molar-refractivity contribution < 1.29 is 59.7 Å². The maximum absolute atomic E-state index is 13.2. The number of likely N-dealkylation sites (tertiary alicyclic amines) is 2. The zero-order valence-corrected chi connectivity index (χ0v) is 40.0. The fourth-order valence-corrected chi connectivity index (χ4v) is 8.53. The molecule has 2 amide bonds. The summed E-state index contributed by atoms with van der Waals surface area (Å²) in [5, 5.41) is 3.43. The third-order valence-electron chi connectivity index (χ3n) is 12.1. The Hall–Kier alpha value is -6.13. The summed E-state index contributed by atoms with van der Waals surface area (Å²) in [7, 11) is 0. The molecule has 0 saturated carbocycles. The fraction of sp³-hybridized carbons (Fsp3) is 0.481. The van der Waals surface area contributed by atoms with Gasteiger partial charge in [0.15, 0.2) is 0 Å². The number of ether oxygens (including phenoxy) is 4. The molecule has 4 aliphatic heterocycles. The molecule has 17 heteroatoms. The summed E-state index contributed by atoms with van der Waals surface area (Å²) >= 11 is 0. The van der Waals surface area contributed by atoms with Crippen molar-refractivity contribution in [3.8, 4) is 11.5 Å². The van der Waals surface area contributed by atoms with E-state index >= 15 is 0 Å². The van der Waals surface area contributed by atoms with E-state index in [4.69, 9.17) is 18.9 Å². The summed E-state index contributed by atoms with van der Waals surface area (Å²) in [5.74, 6) is 1.63. The van der Waals surface area contributed by atoms with Crippen molar-refractivity contribution >= 4 is 29.8 Å². The molecule has 2 fully saturated rings. The van der Waals surface area contributed by atoms with Gasteiger partial charge in [-0.05, 0) is 95.6 Å². The van der Waals surface area contributed by atoms with Gasteiger partial charge in [0.05, 0.1) is 22.5 Å². The lowest BCUT2D eigenvalue weighted by Gasteiger charge is -2.41. The lowest BCUT2D eigenvalue weighted by Crippen LogP contribution is -2.51. The number of alkyl halides is 6. The molecule has 2 saturated heterocycles. The highest BCUT2D eigenvalue weighted by atomic mass is 19.4. The number of amides is 2. The number of nitrogens with one attached hydrogen (secondary N) is 1. The first-order valence-electron chi connectivity index (χ1n) is 23.1. The second kappa shape index (κ2) is 21.2. The zero-order valence-electron chi connectivity index (χ0n) is 40.0. The minimum Gasteiger partial charge on any atom is -0.485 e. The van der Waals surface area contributed by atoms with E-state index < -0.39 is 40.3 Å².